The van der Waals surface area contributed by atoms with Crippen molar-refractivity contribution in [2.45, 2.75) is 53.0 Å². The molecule has 0 saturated heterocycles. The van der Waals surface area contributed by atoms with Gasteiger partial charge >= 0.3 is 6.01 Å². The van der Waals surface area contributed by atoms with Crippen molar-refractivity contribution in [2.75, 3.05) is 5.32 Å². The van der Waals surface area contributed by atoms with Crippen molar-refractivity contribution in [1.82, 2.24) is 19.7 Å². The summed E-state index contributed by atoms with van der Waals surface area (Å²) < 4.78 is 7.56. The molecule has 0 aliphatic rings. The number of nitrogens with zero attached hydrogens (tertiary/aromatic N) is 4. The Kier molecular flexibility index (Phi) is 5.68. The molecule has 1 N–H and O–H groups in total. The second-order valence-corrected chi connectivity index (χ2v) is 8.26. The summed E-state index contributed by atoms with van der Waals surface area (Å²) in [6.07, 6.45) is 3.23. The summed E-state index contributed by atoms with van der Waals surface area (Å²) in [6.45, 7) is 12.3. The van der Waals surface area contributed by atoms with Gasteiger partial charge in [-0.1, -0.05) is 13.8 Å². The number of ether oxygens (including phenoxy) is 1. The van der Waals surface area contributed by atoms with E-state index in [1.807, 2.05) is 23.7 Å². The number of hydrogen-bond acceptors (Lipinski definition) is 5. The van der Waals surface area contributed by atoms with Crippen LogP contribution in [0, 0.1) is 6.92 Å². The molecule has 1 aromatic carbocycles. The highest BCUT2D eigenvalue weighted by molar-refractivity contribution is 6.03. The quantitative estimate of drug-likeness (QED) is 0.666. The predicted octanol–water partition coefficient (Wildman–Crippen LogP) is 4.90. The molecular weight excluding hydrogens is 366 g/mol. The monoisotopic (exact) mass is 393 g/mol. The first-order valence-electron chi connectivity index (χ1n) is 9.62. The third kappa shape index (κ3) is 4.80. The zero-order valence-electron chi connectivity index (χ0n) is 17.7. The fourth-order valence-electron chi connectivity index (χ4n) is 2.92. The van der Waals surface area contributed by atoms with E-state index < -0.39 is 0 Å². The molecule has 7 nitrogen and oxygen atoms in total. The van der Waals surface area contributed by atoms with E-state index in [0.29, 0.717) is 17.1 Å². The number of nitrogens with one attached hydrogen (secondary N) is 1. The van der Waals surface area contributed by atoms with Crippen LogP contribution in [0.25, 0.3) is 0 Å². The van der Waals surface area contributed by atoms with Crippen LogP contribution in [0.5, 0.6) is 11.8 Å². The smallest absolute Gasteiger partial charge is 0.321 e. The van der Waals surface area contributed by atoms with Crippen LogP contribution in [0.15, 0.2) is 42.7 Å². The molecule has 29 heavy (non-hydrogen) atoms. The molecule has 0 radical (unpaired) electrons. The summed E-state index contributed by atoms with van der Waals surface area (Å²) in [6, 6.07) is 9.27. The minimum atomic E-state index is -0.238. The molecule has 1 amide bonds. The lowest BCUT2D eigenvalue weighted by atomic mass is 10.1. The van der Waals surface area contributed by atoms with Crippen molar-refractivity contribution < 1.29 is 9.53 Å². The molecule has 152 valence electrons. The van der Waals surface area contributed by atoms with Crippen LogP contribution < -0.4 is 10.1 Å². The SMILES string of the molecule is Cc1cc(Oc2ncccn2)ccc1NC(=O)c1cc(C(C)C)n(C(C)(C)C)n1. The van der Waals surface area contributed by atoms with Gasteiger partial charge in [-0.3, -0.25) is 9.48 Å². The molecule has 0 fully saturated rings. The number of benzene rings is 1. The molecule has 0 unspecified atom stereocenters. The van der Waals surface area contributed by atoms with Crippen molar-refractivity contribution in [3.63, 3.8) is 0 Å². The average Bonchev–Trinajstić information content (AvgIpc) is 3.11. The van der Waals surface area contributed by atoms with Gasteiger partial charge in [0.1, 0.15) is 5.75 Å². The van der Waals surface area contributed by atoms with Gasteiger partial charge in [0, 0.05) is 23.8 Å². The van der Waals surface area contributed by atoms with Crippen molar-refractivity contribution in [3.05, 3.63) is 59.7 Å². The number of aryl methyl sites for hydroxylation is 1. The molecular formula is C22H27N5O2. The molecule has 0 atom stereocenters. The normalized spacial score (nSPS) is 11.6. The first-order valence-corrected chi connectivity index (χ1v) is 9.62. The number of hydrogen-bond donors (Lipinski definition) is 1. The summed E-state index contributed by atoms with van der Waals surface area (Å²) in [5.74, 6) is 0.630. The number of anilines is 1. The first kappa shape index (κ1) is 20.5. The standard InChI is InChI=1S/C22H27N5O2/c1-14(2)19-13-18(26-27(19)22(4,5)6)20(28)25-17-9-8-16(12-15(17)3)29-21-23-10-7-11-24-21/h7-14H,1-6H3,(H,25,28). The van der Waals surface area contributed by atoms with Gasteiger partial charge in [0.2, 0.25) is 0 Å². The Bertz CT molecular complexity index is 1000. The Morgan fingerprint density at radius 2 is 1.83 bits per heavy atom. The fraction of sp³-hybridized carbons (Fsp3) is 0.364. The third-order valence-electron chi connectivity index (χ3n) is 4.39. The Labute approximate surface area is 171 Å². The minimum absolute atomic E-state index is 0.202. The van der Waals surface area contributed by atoms with Crippen molar-refractivity contribution in [1.29, 1.82) is 0 Å². The maximum atomic E-state index is 12.8. The van der Waals surface area contributed by atoms with E-state index in [0.717, 1.165) is 11.3 Å². The Morgan fingerprint density at radius 3 is 2.38 bits per heavy atom. The van der Waals surface area contributed by atoms with Gasteiger partial charge in [-0.05, 0) is 69.5 Å². The van der Waals surface area contributed by atoms with E-state index >= 15 is 0 Å². The van der Waals surface area contributed by atoms with Crippen molar-refractivity contribution in [3.8, 4) is 11.8 Å². The zero-order valence-corrected chi connectivity index (χ0v) is 17.7. The summed E-state index contributed by atoms with van der Waals surface area (Å²) in [7, 11) is 0. The van der Waals surface area contributed by atoms with Gasteiger partial charge in [0.25, 0.3) is 5.91 Å². The van der Waals surface area contributed by atoms with E-state index in [4.69, 9.17) is 4.74 Å². The van der Waals surface area contributed by atoms with Gasteiger partial charge in [-0.2, -0.15) is 5.10 Å². The van der Waals surface area contributed by atoms with E-state index in [1.54, 1.807) is 30.6 Å². The topological polar surface area (TPSA) is 81.9 Å². The van der Waals surface area contributed by atoms with Gasteiger partial charge in [0.15, 0.2) is 5.69 Å². The highest BCUT2D eigenvalue weighted by atomic mass is 16.5. The zero-order chi connectivity index (χ0) is 21.2. The van der Waals surface area contributed by atoms with Crippen molar-refractivity contribution in [2.24, 2.45) is 0 Å². The second kappa shape index (κ2) is 8.03. The van der Waals surface area contributed by atoms with Crippen LogP contribution >= 0.6 is 0 Å². The molecule has 3 rings (SSSR count). The molecule has 0 saturated carbocycles. The van der Waals surface area contributed by atoms with E-state index in [2.05, 4.69) is 55.0 Å². The number of carbonyl (C=O) groups excluding carboxylic acids is 1. The Hall–Kier alpha value is -3.22. The third-order valence-corrected chi connectivity index (χ3v) is 4.39. The molecule has 2 heterocycles. The second-order valence-electron chi connectivity index (χ2n) is 8.26. The molecule has 3 aromatic rings. The van der Waals surface area contributed by atoms with Crippen LogP contribution in [0.1, 0.15) is 62.3 Å². The molecule has 0 aliphatic carbocycles. The van der Waals surface area contributed by atoms with E-state index in [1.165, 1.54) is 0 Å². The lowest BCUT2D eigenvalue weighted by Crippen LogP contribution is -2.26. The van der Waals surface area contributed by atoms with E-state index in [9.17, 15) is 4.79 Å². The Morgan fingerprint density at radius 1 is 1.14 bits per heavy atom. The van der Waals surface area contributed by atoms with E-state index in [-0.39, 0.29) is 23.4 Å². The van der Waals surface area contributed by atoms with Gasteiger partial charge in [-0.25, -0.2) is 9.97 Å². The molecule has 2 aromatic heterocycles. The van der Waals surface area contributed by atoms with Gasteiger partial charge in [-0.15, -0.1) is 0 Å². The Balaban J connectivity index is 1.79. The average molecular weight is 393 g/mol. The molecule has 0 bridgehead atoms. The summed E-state index contributed by atoms with van der Waals surface area (Å²) in [5.41, 5.74) is 2.80. The lowest BCUT2D eigenvalue weighted by Gasteiger charge is -2.23. The van der Waals surface area contributed by atoms with Crippen LogP contribution in [0.3, 0.4) is 0 Å². The predicted molar refractivity (Wildman–Crippen MR) is 113 cm³/mol. The molecule has 0 aliphatic heterocycles. The summed E-state index contributed by atoms with van der Waals surface area (Å²) >= 11 is 0. The minimum Gasteiger partial charge on any atom is -0.424 e. The van der Waals surface area contributed by atoms with Crippen LogP contribution in [-0.4, -0.2) is 25.7 Å². The number of amides is 1. The largest absolute Gasteiger partial charge is 0.424 e. The first-order chi connectivity index (χ1) is 13.6. The van der Waals surface area contributed by atoms with Crippen LogP contribution in [0.4, 0.5) is 5.69 Å². The number of carbonyl (C=O) groups is 1. The van der Waals surface area contributed by atoms with Gasteiger partial charge in [0.05, 0.1) is 5.54 Å². The van der Waals surface area contributed by atoms with Crippen LogP contribution in [-0.2, 0) is 5.54 Å². The summed E-state index contributed by atoms with van der Waals surface area (Å²) in [5, 5.41) is 7.51. The highest BCUT2D eigenvalue weighted by Crippen LogP contribution is 2.26. The lowest BCUT2D eigenvalue weighted by molar-refractivity contribution is 0.102. The number of aromatic nitrogens is 4. The van der Waals surface area contributed by atoms with Crippen LogP contribution in [0.2, 0.25) is 0 Å². The highest BCUT2D eigenvalue weighted by Gasteiger charge is 2.23. The number of rotatable bonds is 5. The maximum absolute atomic E-state index is 12.8. The van der Waals surface area contributed by atoms with Crippen molar-refractivity contribution >= 4 is 11.6 Å². The van der Waals surface area contributed by atoms with Gasteiger partial charge < -0.3 is 10.1 Å². The maximum Gasteiger partial charge on any atom is 0.321 e. The molecule has 0 spiro atoms. The molecule has 7 heteroatoms. The summed E-state index contributed by atoms with van der Waals surface area (Å²) in [4.78, 5) is 20.9. The fourth-order valence-corrected chi connectivity index (χ4v) is 2.92.